The molecule has 0 saturated heterocycles. The van der Waals surface area contributed by atoms with Crippen molar-refractivity contribution in [3.63, 3.8) is 0 Å². The summed E-state index contributed by atoms with van der Waals surface area (Å²) in [4.78, 5) is 40.2. The van der Waals surface area contributed by atoms with Crippen LogP contribution in [0.5, 0.6) is 0 Å². The van der Waals surface area contributed by atoms with Crippen LogP contribution in [0.15, 0.2) is 64.2 Å². The van der Waals surface area contributed by atoms with Crippen molar-refractivity contribution in [3.8, 4) is 0 Å². The molecule has 2 aromatic carbocycles. The number of hydrogen-bond acceptors (Lipinski definition) is 4. The van der Waals surface area contributed by atoms with Gasteiger partial charge in [-0.15, -0.1) is 0 Å². The number of aromatic nitrogens is 2. The highest BCUT2D eigenvalue weighted by Gasteiger charge is 2.28. The number of nitrogens with zero attached hydrogens (tertiary/aromatic N) is 3. The predicted molar refractivity (Wildman–Crippen MR) is 131 cm³/mol. The molecule has 7 nitrogen and oxygen atoms in total. The van der Waals surface area contributed by atoms with Crippen LogP contribution < -0.4 is 11.2 Å². The molecule has 1 amide bonds. The number of carbonyl (C=O) groups is 1. The molecule has 178 valence electrons. The van der Waals surface area contributed by atoms with Gasteiger partial charge in [0.15, 0.2) is 0 Å². The molecule has 2 heterocycles. The highest BCUT2D eigenvalue weighted by Crippen LogP contribution is 2.38. The van der Waals surface area contributed by atoms with Gasteiger partial charge in [-0.25, -0.2) is 9.59 Å². The van der Waals surface area contributed by atoms with Crippen LogP contribution in [0, 0.1) is 0 Å². The molecule has 1 aromatic heterocycles. The number of amides is 1. The maximum Gasteiger partial charge on any atom is 0.410 e. The molecular formula is C24H22Cl3N3O4. The van der Waals surface area contributed by atoms with Crippen molar-refractivity contribution in [2.75, 3.05) is 6.54 Å². The molecule has 10 heteroatoms. The van der Waals surface area contributed by atoms with Crippen LogP contribution in [0.25, 0.3) is 0 Å². The zero-order valence-corrected chi connectivity index (χ0v) is 20.6. The summed E-state index contributed by atoms with van der Waals surface area (Å²) in [6.45, 7) is 0.609. The Balaban J connectivity index is 1.49. The zero-order chi connectivity index (χ0) is 24.5. The Kier molecular flexibility index (Phi) is 7.07. The lowest BCUT2D eigenvalue weighted by molar-refractivity contribution is 0.0909. The minimum Gasteiger partial charge on any atom is -0.445 e. The lowest BCUT2D eigenvalue weighted by Gasteiger charge is -2.29. The third-order valence-electron chi connectivity index (χ3n) is 5.83. The lowest BCUT2D eigenvalue weighted by Crippen LogP contribution is -2.48. The van der Waals surface area contributed by atoms with Gasteiger partial charge in [-0.2, -0.15) is 0 Å². The van der Waals surface area contributed by atoms with Crippen molar-refractivity contribution >= 4 is 40.9 Å². The van der Waals surface area contributed by atoms with Gasteiger partial charge in [-0.1, -0.05) is 89.4 Å². The molecule has 3 aromatic rings. The summed E-state index contributed by atoms with van der Waals surface area (Å²) in [5, 5.41) is 0. The minimum absolute atomic E-state index is 0.0356. The predicted octanol–water partition coefficient (Wildman–Crippen LogP) is 4.12. The smallest absolute Gasteiger partial charge is 0.410 e. The van der Waals surface area contributed by atoms with Crippen LogP contribution in [0.3, 0.4) is 0 Å². The summed E-state index contributed by atoms with van der Waals surface area (Å²) < 4.78 is 6.61. The monoisotopic (exact) mass is 521 g/mol. The van der Waals surface area contributed by atoms with E-state index in [1.807, 2.05) is 30.3 Å². The number of fused-ring (bicyclic) bond motifs is 1. The number of rotatable bonds is 4. The number of ether oxygens (including phenoxy) is 1. The summed E-state index contributed by atoms with van der Waals surface area (Å²) in [5.74, 6) is 0. The van der Waals surface area contributed by atoms with Gasteiger partial charge >= 0.3 is 11.8 Å². The Morgan fingerprint density at radius 3 is 2.32 bits per heavy atom. The summed E-state index contributed by atoms with van der Waals surface area (Å²) in [6.07, 6.45) is -0.158. The van der Waals surface area contributed by atoms with E-state index in [0.29, 0.717) is 29.8 Å². The Labute approximate surface area is 211 Å². The minimum atomic E-state index is -1.52. The second-order valence-electron chi connectivity index (χ2n) is 8.06. The third kappa shape index (κ3) is 5.17. The van der Waals surface area contributed by atoms with Crippen LogP contribution in [-0.4, -0.2) is 26.7 Å². The molecule has 4 rings (SSSR count). The van der Waals surface area contributed by atoms with Crippen molar-refractivity contribution in [2.24, 2.45) is 7.05 Å². The van der Waals surface area contributed by atoms with Crippen LogP contribution in [-0.2, 0) is 41.7 Å². The molecule has 0 N–H and O–H groups in total. The molecule has 0 unspecified atom stereocenters. The third-order valence-corrected chi connectivity index (χ3v) is 6.48. The topological polar surface area (TPSA) is 73.5 Å². The molecule has 1 aliphatic heterocycles. The molecule has 0 atom stereocenters. The van der Waals surface area contributed by atoms with Crippen LogP contribution in [0.4, 0.5) is 4.79 Å². The second-order valence-corrected chi connectivity index (χ2v) is 10.3. The fourth-order valence-corrected chi connectivity index (χ4v) is 4.33. The van der Waals surface area contributed by atoms with Crippen molar-refractivity contribution in [1.29, 1.82) is 0 Å². The van der Waals surface area contributed by atoms with E-state index in [2.05, 4.69) is 0 Å². The first-order chi connectivity index (χ1) is 16.1. The van der Waals surface area contributed by atoms with E-state index in [4.69, 9.17) is 39.5 Å². The standard InChI is InChI=1S/C24H22Cl3N3O4/c1-28-20-11-12-29(23(33)34-15-17-7-9-18(10-8-17)24(25,26)27)14-19(20)21(31)30(22(28)32)13-16-5-3-2-4-6-16/h2-10H,11-15H2,1H3. The van der Waals surface area contributed by atoms with Crippen LogP contribution in [0.1, 0.15) is 27.9 Å². The SMILES string of the molecule is Cn1c2c(c(=O)n(Cc3ccccc3)c1=O)CN(C(=O)OCc1ccc(C(Cl)(Cl)Cl)cc1)CC2. The Morgan fingerprint density at radius 1 is 1.00 bits per heavy atom. The van der Waals surface area contributed by atoms with Crippen molar-refractivity contribution in [1.82, 2.24) is 14.0 Å². The number of carbonyl (C=O) groups excluding carboxylic acids is 1. The molecule has 0 fully saturated rings. The van der Waals surface area contributed by atoms with Gasteiger partial charge in [-0.05, 0) is 11.1 Å². The van der Waals surface area contributed by atoms with Gasteiger partial charge in [0.2, 0.25) is 3.79 Å². The van der Waals surface area contributed by atoms with Crippen LogP contribution in [0.2, 0.25) is 0 Å². The van der Waals surface area contributed by atoms with Gasteiger partial charge in [0.05, 0.1) is 18.7 Å². The summed E-state index contributed by atoms with van der Waals surface area (Å²) in [7, 11) is 1.65. The first kappa shape index (κ1) is 24.4. The van der Waals surface area contributed by atoms with E-state index >= 15 is 0 Å². The largest absolute Gasteiger partial charge is 0.445 e. The van der Waals surface area contributed by atoms with E-state index < -0.39 is 9.89 Å². The van der Waals surface area contributed by atoms with Crippen LogP contribution >= 0.6 is 34.8 Å². The first-order valence-electron chi connectivity index (χ1n) is 10.6. The lowest BCUT2D eigenvalue weighted by atomic mass is 10.1. The number of hydrogen-bond donors (Lipinski definition) is 0. The molecular weight excluding hydrogens is 501 g/mol. The average Bonchev–Trinajstić information content (AvgIpc) is 2.84. The van der Waals surface area contributed by atoms with Gasteiger partial charge in [0.25, 0.3) is 5.56 Å². The first-order valence-corrected chi connectivity index (χ1v) is 11.7. The van der Waals surface area contributed by atoms with Gasteiger partial charge in [0, 0.05) is 31.3 Å². The van der Waals surface area contributed by atoms with E-state index in [9.17, 15) is 14.4 Å². The number of benzene rings is 2. The highest BCUT2D eigenvalue weighted by molar-refractivity contribution is 6.66. The molecule has 1 aliphatic rings. The fourth-order valence-electron chi connectivity index (χ4n) is 3.95. The summed E-state index contributed by atoms with van der Waals surface area (Å²) in [5.41, 5.74) is 2.39. The van der Waals surface area contributed by atoms with E-state index in [0.717, 1.165) is 11.1 Å². The normalized spacial score (nSPS) is 13.5. The molecule has 0 aliphatic carbocycles. The number of alkyl halides is 3. The van der Waals surface area contributed by atoms with E-state index in [1.165, 1.54) is 14.0 Å². The van der Waals surface area contributed by atoms with Gasteiger partial charge in [-0.3, -0.25) is 9.36 Å². The maximum atomic E-state index is 13.2. The van der Waals surface area contributed by atoms with Gasteiger partial charge in [0.1, 0.15) is 6.61 Å². The average molecular weight is 523 g/mol. The quantitative estimate of drug-likeness (QED) is 0.483. The van der Waals surface area contributed by atoms with Crippen molar-refractivity contribution in [3.05, 3.63) is 103 Å². The highest BCUT2D eigenvalue weighted by atomic mass is 35.6. The summed E-state index contributed by atoms with van der Waals surface area (Å²) >= 11 is 17.6. The summed E-state index contributed by atoms with van der Waals surface area (Å²) in [6, 6.07) is 16.0. The second kappa shape index (κ2) is 9.86. The molecule has 0 radical (unpaired) electrons. The Morgan fingerprint density at radius 2 is 1.68 bits per heavy atom. The van der Waals surface area contributed by atoms with Crippen molar-refractivity contribution in [2.45, 2.75) is 29.9 Å². The Hall–Kier alpha value is -2.74. The van der Waals surface area contributed by atoms with E-state index in [1.54, 1.807) is 31.3 Å². The Bertz CT molecular complexity index is 1310. The number of halogens is 3. The van der Waals surface area contributed by atoms with Crippen molar-refractivity contribution < 1.29 is 9.53 Å². The van der Waals surface area contributed by atoms with E-state index in [-0.39, 0.29) is 30.9 Å². The maximum absolute atomic E-state index is 13.2. The zero-order valence-electron chi connectivity index (χ0n) is 18.3. The van der Waals surface area contributed by atoms with Gasteiger partial charge < -0.3 is 14.2 Å². The molecule has 34 heavy (non-hydrogen) atoms. The fraction of sp³-hybridized carbons (Fsp3) is 0.292. The molecule has 0 spiro atoms. The molecule has 0 saturated carbocycles. The molecule has 0 bridgehead atoms.